The lowest BCUT2D eigenvalue weighted by atomic mass is 10.2. The number of benzene rings is 1. The van der Waals surface area contributed by atoms with Crippen molar-refractivity contribution in [2.75, 3.05) is 5.32 Å². The Morgan fingerprint density at radius 1 is 1.27 bits per heavy atom. The van der Waals surface area contributed by atoms with E-state index in [-0.39, 0.29) is 5.69 Å². The van der Waals surface area contributed by atoms with E-state index in [9.17, 15) is 9.90 Å². The SMILES string of the molecule is O=C(O)c1c(NCc2cccc(Cl)c2Cl)ccc2nccn12. The van der Waals surface area contributed by atoms with Crippen molar-refractivity contribution in [1.29, 1.82) is 0 Å². The van der Waals surface area contributed by atoms with Crippen LogP contribution in [0.5, 0.6) is 0 Å². The van der Waals surface area contributed by atoms with Crippen LogP contribution in [0.3, 0.4) is 0 Å². The lowest BCUT2D eigenvalue weighted by Crippen LogP contribution is -2.11. The van der Waals surface area contributed by atoms with Crippen molar-refractivity contribution in [3.8, 4) is 0 Å². The number of aromatic nitrogens is 2. The molecule has 3 rings (SSSR count). The zero-order valence-electron chi connectivity index (χ0n) is 11.3. The summed E-state index contributed by atoms with van der Waals surface area (Å²) in [6.07, 6.45) is 3.16. The Morgan fingerprint density at radius 2 is 2.09 bits per heavy atom. The molecule has 0 aliphatic heterocycles. The molecule has 0 unspecified atom stereocenters. The molecule has 0 bridgehead atoms. The second-order valence-corrected chi connectivity index (χ2v) is 5.41. The maximum atomic E-state index is 11.5. The van der Waals surface area contributed by atoms with E-state index in [0.29, 0.717) is 27.9 Å². The molecule has 0 saturated heterocycles. The van der Waals surface area contributed by atoms with Crippen molar-refractivity contribution in [1.82, 2.24) is 9.38 Å². The summed E-state index contributed by atoms with van der Waals surface area (Å²) in [7, 11) is 0. The van der Waals surface area contributed by atoms with E-state index in [0.717, 1.165) is 5.56 Å². The minimum atomic E-state index is -1.04. The number of halogens is 2. The zero-order chi connectivity index (χ0) is 15.7. The lowest BCUT2D eigenvalue weighted by molar-refractivity contribution is 0.0690. The Kier molecular flexibility index (Phi) is 3.92. The van der Waals surface area contributed by atoms with Crippen molar-refractivity contribution in [3.63, 3.8) is 0 Å². The average Bonchev–Trinajstić information content (AvgIpc) is 2.96. The Balaban J connectivity index is 1.95. The van der Waals surface area contributed by atoms with Crippen molar-refractivity contribution in [3.05, 3.63) is 64.0 Å². The predicted octanol–water partition coefficient (Wildman–Crippen LogP) is 3.95. The van der Waals surface area contributed by atoms with E-state index in [1.54, 1.807) is 36.7 Å². The number of nitrogens with one attached hydrogen (secondary N) is 1. The molecule has 2 aromatic heterocycles. The first-order valence-electron chi connectivity index (χ1n) is 6.44. The highest BCUT2D eigenvalue weighted by Crippen LogP contribution is 2.27. The highest BCUT2D eigenvalue weighted by Gasteiger charge is 2.15. The number of carboxylic acids is 1. The number of anilines is 1. The Hall–Kier alpha value is -2.24. The van der Waals surface area contributed by atoms with Crippen molar-refractivity contribution >= 4 is 40.5 Å². The van der Waals surface area contributed by atoms with Gasteiger partial charge in [-0.05, 0) is 23.8 Å². The topological polar surface area (TPSA) is 66.6 Å². The molecule has 2 heterocycles. The molecule has 0 radical (unpaired) electrons. The molecule has 0 fully saturated rings. The number of nitrogens with zero attached hydrogens (tertiary/aromatic N) is 2. The number of imidazole rings is 1. The van der Waals surface area contributed by atoms with Gasteiger partial charge in [0.05, 0.1) is 15.7 Å². The summed E-state index contributed by atoms with van der Waals surface area (Å²) in [6, 6.07) is 8.76. The molecule has 0 aliphatic carbocycles. The molecule has 5 nitrogen and oxygen atoms in total. The molecule has 7 heteroatoms. The summed E-state index contributed by atoms with van der Waals surface area (Å²) in [5.74, 6) is -1.04. The molecule has 0 saturated carbocycles. The molecule has 3 aromatic rings. The fraction of sp³-hybridized carbons (Fsp3) is 0.0667. The zero-order valence-corrected chi connectivity index (χ0v) is 12.8. The highest BCUT2D eigenvalue weighted by atomic mass is 35.5. The maximum Gasteiger partial charge on any atom is 0.355 e. The first kappa shape index (κ1) is 14.7. The third-order valence-electron chi connectivity index (χ3n) is 3.27. The summed E-state index contributed by atoms with van der Waals surface area (Å²) in [6.45, 7) is 0.361. The van der Waals surface area contributed by atoms with Crippen LogP contribution >= 0.6 is 23.2 Å². The van der Waals surface area contributed by atoms with Crippen LogP contribution in [0, 0.1) is 0 Å². The molecular formula is C15H11Cl2N3O2. The van der Waals surface area contributed by atoms with Gasteiger partial charge < -0.3 is 10.4 Å². The van der Waals surface area contributed by atoms with E-state index in [1.165, 1.54) is 4.40 Å². The van der Waals surface area contributed by atoms with Crippen LogP contribution in [0.15, 0.2) is 42.7 Å². The van der Waals surface area contributed by atoms with Crippen LogP contribution < -0.4 is 5.32 Å². The number of rotatable bonds is 4. The normalized spacial score (nSPS) is 10.8. The fourth-order valence-electron chi connectivity index (χ4n) is 2.23. The molecule has 0 spiro atoms. The second kappa shape index (κ2) is 5.87. The fourth-order valence-corrected chi connectivity index (χ4v) is 2.62. The average molecular weight is 336 g/mol. The Bertz CT molecular complexity index is 861. The van der Waals surface area contributed by atoms with Crippen molar-refractivity contribution in [2.24, 2.45) is 0 Å². The highest BCUT2D eigenvalue weighted by molar-refractivity contribution is 6.42. The molecule has 2 N–H and O–H groups in total. The van der Waals surface area contributed by atoms with E-state index in [2.05, 4.69) is 10.3 Å². The number of pyridine rings is 1. The first-order valence-corrected chi connectivity index (χ1v) is 7.19. The summed E-state index contributed by atoms with van der Waals surface area (Å²) in [4.78, 5) is 15.6. The minimum Gasteiger partial charge on any atom is -0.476 e. The third-order valence-corrected chi connectivity index (χ3v) is 4.13. The van der Waals surface area contributed by atoms with Crippen LogP contribution in [0.4, 0.5) is 5.69 Å². The maximum absolute atomic E-state index is 11.5. The molecular weight excluding hydrogens is 325 g/mol. The van der Waals surface area contributed by atoms with Crippen molar-refractivity contribution in [2.45, 2.75) is 6.54 Å². The van der Waals surface area contributed by atoms with E-state index in [4.69, 9.17) is 23.2 Å². The first-order chi connectivity index (χ1) is 10.6. The largest absolute Gasteiger partial charge is 0.476 e. The van der Waals surface area contributed by atoms with Crippen LogP contribution in [0.25, 0.3) is 5.65 Å². The van der Waals surface area contributed by atoms with Gasteiger partial charge in [0.25, 0.3) is 0 Å². The summed E-state index contributed by atoms with van der Waals surface area (Å²) in [5.41, 5.74) is 1.96. The predicted molar refractivity (Wildman–Crippen MR) is 85.9 cm³/mol. The number of hydrogen-bond donors (Lipinski definition) is 2. The number of carboxylic acid groups (broad SMARTS) is 1. The van der Waals surface area contributed by atoms with E-state index >= 15 is 0 Å². The second-order valence-electron chi connectivity index (χ2n) is 4.62. The third kappa shape index (κ3) is 2.61. The molecule has 0 amide bonds. The molecule has 0 atom stereocenters. The van der Waals surface area contributed by atoms with Gasteiger partial charge in [0, 0.05) is 18.9 Å². The van der Waals surface area contributed by atoms with Gasteiger partial charge in [0.1, 0.15) is 5.65 Å². The van der Waals surface area contributed by atoms with Crippen LogP contribution in [0.2, 0.25) is 10.0 Å². The summed E-state index contributed by atoms with van der Waals surface area (Å²) >= 11 is 12.1. The number of aromatic carboxylic acids is 1. The van der Waals surface area contributed by atoms with E-state index in [1.807, 2.05) is 6.07 Å². The standard InChI is InChI=1S/C15H11Cl2N3O2/c16-10-3-1-2-9(13(10)17)8-19-11-4-5-12-18-6-7-20(12)14(11)15(21)22/h1-7,19H,8H2,(H,21,22). The van der Waals surface area contributed by atoms with Gasteiger partial charge in [0.2, 0.25) is 0 Å². The molecule has 112 valence electrons. The van der Waals surface area contributed by atoms with Gasteiger partial charge in [-0.25, -0.2) is 9.78 Å². The van der Waals surface area contributed by atoms with E-state index < -0.39 is 5.97 Å². The number of fused-ring (bicyclic) bond motifs is 1. The lowest BCUT2D eigenvalue weighted by Gasteiger charge is -2.12. The summed E-state index contributed by atoms with van der Waals surface area (Å²) in [5, 5.41) is 13.4. The number of carbonyl (C=O) groups is 1. The van der Waals surface area contributed by atoms with Crippen molar-refractivity contribution < 1.29 is 9.90 Å². The van der Waals surface area contributed by atoms with Gasteiger partial charge in [-0.15, -0.1) is 0 Å². The van der Waals surface area contributed by atoms with Gasteiger partial charge in [-0.3, -0.25) is 4.40 Å². The van der Waals surface area contributed by atoms with Crippen LogP contribution in [-0.4, -0.2) is 20.5 Å². The van der Waals surface area contributed by atoms with Gasteiger partial charge in [-0.1, -0.05) is 35.3 Å². The van der Waals surface area contributed by atoms with Gasteiger partial charge in [0.15, 0.2) is 5.69 Å². The quantitative estimate of drug-likeness (QED) is 0.757. The molecule has 1 aromatic carbocycles. The van der Waals surface area contributed by atoms with Crippen LogP contribution in [0.1, 0.15) is 16.1 Å². The molecule has 22 heavy (non-hydrogen) atoms. The summed E-state index contributed by atoms with van der Waals surface area (Å²) < 4.78 is 1.52. The van der Waals surface area contributed by atoms with Crippen LogP contribution in [-0.2, 0) is 6.54 Å². The van der Waals surface area contributed by atoms with Gasteiger partial charge >= 0.3 is 5.97 Å². The number of hydrogen-bond acceptors (Lipinski definition) is 3. The molecule has 0 aliphatic rings. The Labute approximate surface area is 136 Å². The monoisotopic (exact) mass is 335 g/mol. The van der Waals surface area contributed by atoms with Gasteiger partial charge in [-0.2, -0.15) is 0 Å². The Morgan fingerprint density at radius 3 is 2.86 bits per heavy atom. The smallest absolute Gasteiger partial charge is 0.355 e. The minimum absolute atomic E-state index is 0.119.